The van der Waals surface area contributed by atoms with Gasteiger partial charge in [-0.05, 0) is 19.8 Å². The summed E-state index contributed by atoms with van der Waals surface area (Å²) in [5.41, 5.74) is 0. The Balaban J connectivity index is 0. The predicted molar refractivity (Wildman–Crippen MR) is 67.1 cm³/mol. The number of rotatable bonds is 3. The van der Waals surface area contributed by atoms with Crippen molar-refractivity contribution in [1.29, 1.82) is 0 Å². The molecule has 1 saturated carbocycles. The van der Waals surface area contributed by atoms with Crippen LogP contribution in [0.25, 0.3) is 0 Å². The zero-order chi connectivity index (χ0) is 12.2. The van der Waals surface area contributed by atoms with Gasteiger partial charge >= 0.3 is 0 Å². The summed E-state index contributed by atoms with van der Waals surface area (Å²) in [5.74, 6) is -0.229. The van der Waals surface area contributed by atoms with Crippen LogP contribution in [0, 0.1) is 0 Å². The van der Waals surface area contributed by atoms with E-state index < -0.39 is 0 Å². The quantitative estimate of drug-likeness (QED) is 0.654. The van der Waals surface area contributed by atoms with E-state index in [0.29, 0.717) is 0 Å². The second kappa shape index (κ2) is 12.0. The lowest BCUT2D eigenvalue weighted by Crippen LogP contribution is -2.36. The predicted octanol–water partition coefficient (Wildman–Crippen LogP) is 4.38. The van der Waals surface area contributed by atoms with Gasteiger partial charge in [-0.25, -0.2) is 0 Å². The molecule has 0 radical (unpaired) electrons. The van der Waals surface area contributed by atoms with E-state index in [-0.39, 0.29) is 5.79 Å². The van der Waals surface area contributed by atoms with Gasteiger partial charge in [-0.2, -0.15) is 0 Å². The minimum absolute atomic E-state index is 0.229. The molecule has 0 saturated heterocycles. The van der Waals surface area contributed by atoms with Crippen molar-refractivity contribution in [2.45, 2.75) is 72.5 Å². The number of hydrogen-bond acceptors (Lipinski definition) is 2. The van der Waals surface area contributed by atoms with Crippen LogP contribution in [0.15, 0.2) is 0 Å². The summed E-state index contributed by atoms with van der Waals surface area (Å²) in [4.78, 5) is 0. The van der Waals surface area contributed by atoms with Crippen LogP contribution >= 0.6 is 0 Å². The van der Waals surface area contributed by atoms with E-state index in [0.717, 1.165) is 19.4 Å². The van der Waals surface area contributed by atoms with Crippen molar-refractivity contribution in [3.63, 3.8) is 0 Å². The molecule has 1 rings (SSSR count). The van der Waals surface area contributed by atoms with Crippen LogP contribution in [0.5, 0.6) is 0 Å². The van der Waals surface area contributed by atoms with Gasteiger partial charge in [0.2, 0.25) is 0 Å². The molecule has 2 heteroatoms. The number of ether oxygens (including phenoxy) is 2. The van der Waals surface area contributed by atoms with E-state index >= 15 is 0 Å². The third-order valence-corrected chi connectivity index (χ3v) is 2.39. The van der Waals surface area contributed by atoms with Crippen molar-refractivity contribution in [3.8, 4) is 0 Å². The van der Waals surface area contributed by atoms with Gasteiger partial charge in [0.15, 0.2) is 5.79 Å². The lowest BCUT2D eigenvalue weighted by molar-refractivity contribution is -0.235. The molecule has 1 aliphatic rings. The topological polar surface area (TPSA) is 18.5 Å². The fraction of sp³-hybridized carbons (Fsp3) is 1.00. The molecule has 0 aromatic carbocycles. The first-order valence-electron chi connectivity index (χ1n) is 6.52. The molecule has 1 fully saturated rings. The second-order valence-corrected chi connectivity index (χ2v) is 3.11. The summed E-state index contributed by atoms with van der Waals surface area (Å²) < 4.78 is 11.0. The normalized spacial score (nSPS) is 18.0. The van der Waals surface area contributed by atoms with E-state index in [2.05, 4.69) is 0 Å². The fourth-order valence-electron chi connectivity index (χ4n) is 1.76. The molecule has 0 atom stereocenters. The molecule has 15 heavy (non-hydrogen) atoms. The monoisotopic (exact) mass is 218 g/mol. The third kappa shape index (κ3) is 6.91. The Morgan fingerprint density at radius 2 is 1.40 bits per heavy atom. The first kappa shape index (κ1) is 17.3. The molecule has 0 heterocycles. The molecule has 0 aromatic heterocycles. The molecule has 0 N–H and O–H groups in total. The van der Waals surface area contributed by atoms with Gasteiger partial charge < -0.3 is 9.47 Å². The highest BCUT2D eigenvalue weighted by Crippen LogP contribution is 2.31. The second-order valence-electron chi connectivity index (χ2n) is 3.11. The Morgan fingerprint density at radius 1 is 0.933 bits per heavy atom. The molecular weight excluding hydrogens is 188 g/mol. The summed E-state index contributed by atoms with van der Waals surface area (Å²) in [6.07, 6.45) is 5.95. The van der Waals surface area contributed by atoms with Crippen LogP contribution in [-0.4, -0.2) is 19.5 Å². The molecule has 1 aliphatic carbocycles. The zero-order valence-electron chi connectivity index (χ0n) is 11.6. The van der Waals surface area contributed by atoms with Crippen LogP contribution in [0.1, 0.15) is 66.7 Å². The van der Waals surface area contributed by atoms with Crippen molar-refractivity contribution < 1.29 is 9.47 Å². The van der Waals surface area contributed by atoms with Crippen LogP contribution < -0.4 is 0 Å². The maximum atomic E-state index is 5.60. The van der Waals surface area contributed by atoms with E-state index in [1.807, 2.05) is 34.6 Å². The molecule has 0 amide bonds. The third-order valence-electron chi connectivity index (χ3n) is 2.39. The average molecular weight is 218 g/mol. The fourth-order valence-corrected chi connectivity index (χ4v) is 1.76. The van der Waals surface area contributed by atoms with Gasteiger partial charge in [0.05, 0.1) is 0 Å². The zero-order valence-corrected chi connectivity index (χ0v) is 11.6. The molecule has 0 unspecified atom stereocenters. The Hall–Kier alpha value is -0.0800. The highest BCUT2D eigenvalue weighted by molar-refractivity contribution is 4.74. The Morgan fingerprint density at radius 3 is 1.73 bits per heavy atom. The maximum Gasteiger partial charge on any atom is 0.167 e. The molecule has 0 aromatic rings. The molecule has 94 valence electrons. The Kier molecular flexibility index (Phi) is 13.8. The summed E-state index contributed by atoms with van der Waals surface area (Å²) in [6, 6.07) is 0. The molecular formula is C13H30O2. The highest BCUT2D eigenvalue weighted by Gasteiger charge is 2.31. The number of hydrogen-bond donors (Lipinski definition) is 0. The highest BCUT2D eigenvalue weighted by atomic mass is 16.7. The lowest BCUT2D eigenvalue weighted by atomic mass is 9.94. The van der Waals surface area contributed by atoms with Crippen molar-refractivity contribution in [3.05, 3.63) is 0 Å². The largest absolute Gasteiger partial charge is 0.353 e. The van der Waals surface area contributed by atoms with Gasteiger partial charge in [0.25, 0.3) is 0 Å². The van der Waals surface area contributed by atoms with Crippen LogP contribution in [0.4, 0.5) is 0 Å². The van der Waals surface area contributed by atoms with Gasteiger partial charge in [-0.3, -0.25) is 0 Å². The number of methoxy groups -OCH3 is 1. The molecule has 2 nitrogen and oxygen atoms in total. The lowest BCUT2D eigenvalue weighted by Gasteiger charge is -2.35. The van der Waals surface area contributed by atoms with Gasteiger partial charge in [-0.1, -0.05) is 34.1 Å². The smallest absolute Gasteiger partial charge is 0.167 e. The maximum absolute atomic E-state index is 5.60. The first-order chi connectivity index (χ1) is 7.33. The summed E-state index contributed by atoms with van der Waals surface area (Å²) in [7, 11) is 1.75. The molecule has 0 aliphatic heterocycles. The minimum Gasteiger partial charge on any atom is -0.353 e. The van der Waals surface area contributed by atoms with Crippen molar-refractivity contribution >= 4 is 0 Å². The van der Waals surface area contributed by atoms with Crippen LogP contribution in [0.2, 0.25) is 0 Å². The Bertz CT molecular complexity index is 102. The first-order valence-corrected chi connectivity index (χ1v) is 6.52. The molecule has 0 bridgehead atoms. The van der Waals surface area contributed by atoms with Crippen LogP contribution in [0.3, 0.4) is 0 Å². The summed E-state index contributed by atoms with van der Waals surface area (Å²) in [5, 5.41) is 0. The summed E-state index contributed by atoms with van der Waals surface area (Å²) in [6.45, 7) is 10.8. The van der Waals surface area contributed by atoms with Gasteiger partial charge in [-0.15, -0.1) is 0 Å². The van der Waals surface area contributed by atoms with E-state index in [1.165, 1.54) is 19.3 Å². The van der Waals surface area contributed by atoms with E-state index in [1.54, 1.807) is 7.11 Å². The van der Waals surface area contributed by atoms with E-state index in [9.17, 15) is 0 Å². The molecule has 0 spiro atoms. The van der Waals surface area contributed by atoms with Gasteiger partial charge in [0.1, 0.15) is 0 Å². The summed E-state index contributed by atoms with van der Waals surface area (Å²) >= 11 is 0. The van der Waals surface area contributed by atoms with Crippen molar-refractivity contribution in [2.24, 2.45) is 0 Å². The standard InChI is InChI=1S/C9H18O2.2C2H6/c1-3-11-9(10-2)7-5-4-6-8-9;2*1-2/h3-8H2,1-2H3;2*1-2H3. The average Bonchev–Trinajstić information content (AvgIpc) is 2.36. The van der Waals surface area contributed by atoms with Crippen LogP contribution in [-0.2, 0) is 9.47 Å². The Labute approximate surface area is 96.4 Å². The SMILES string of the molecule is CC.CC.CCOC1(OC)CCCCC1. The van der Waals surface area contributed by atoms with E-state index in [4.69, 9.17) is 9.47 Å². The van der Waals surface area contributed by atoms with Crippen molar-refractivity contribution in [2.75, 3.05) is 13.7 Å². The van der Waals surface area contributed by atoms with Crippen molar-refractivity contribution in [1.82, 2.24) is 0 Å². The van der Waals surface area contributed by atoms with Gasteiger partial charge in [0, 0.05) is 26.6 Å². The minimum atomic E-state index is -0.229.